The maximum atomic E-state index is 12.0. The zero-order valence-electron chi connectivity index (χ0n) is 14.7. The molecular formula is C19H28O6. The van der Waals surface area contributed by atoms with Gasteiger partial charge in [-0.3, -0.25) is 9.59 Å². The molecule has 25 heavy (non-hydrogen) atoms. The summed E-state index contributed by atoms with van der Waals surface area (Å²) in [5, 5.41) is 0. The first-order valence-corrected chi connectivity index (χ1v) is 9.86. The summed E-state index contributed by atoms with van der Waals surface area (Å²) in [6.45, 7) is 0.447. The van der Waals surface area contributed by atoms with Gasteiger partial charge in [-0.05, 0) is 51.4 Å². The van der Waals surface area contributed by atoms with Gasteiger partial charge in [0.15, 0.2) is 0 Å². The average Bonchev–Trinajstić information content (AvgIpc) is 3.50. The van der Waals surface area contributed by atoms with E-state index < -0.39 is 0 Å². The van der Waals surface area contributed by atoms with Gasteiger partial charge < -0.3 is 18.9 Å². The van der Waals surface area contributed by atoms with Crippen molar-refractivity contribution in [2.45, 2.75) is 94.7 Å². The summed E-state index contributed by atoms with van der Waals surface area (Å²) in [6.07, 6.45) is 9.94. The molecule has 2 saturated heterocycles. The van der Waals surface area contributed by atoms with Crippen molar-refractivity contribution in [1.29, 1.82) is 0 Å². The van der Waals surface area contributed by atoms with E-state index in [2.05, 4.69) is 0 Å². The highest BCUT2D eigenvalue weighted by Gasteiger charge is 2.46. The molecule has 0 N–H and O–H groups in total. The van der Waals surface area contributed by atoms with E-state index in [-0.39, 0.29) is 24.0 Å². The van der Waals surface area contributed by atoms with E-state index in [1.54, 1.807) is 0 Å². The molecule has 6 atom stereocenters. The first-order valence-electron chi connectivity index (χ1n) is 9.86. The predicted octanol–water partition coefficient (Wildman–Crippen LogP) is 2.52. The Labute approximate surface area is 148 Å². The van der Waals surface area contributed by atoms with Gasteiger partial charge >= 0.3 is 11.9 Å². The van der Waals surface area contributed by atoms with Crippen molar-refractivity contribution in [3.05, 3.63) is 0 Å². The fourth-order valence-electron chi connectivity index (χ4n) is 4.18. The molecule has 6 nitrogen and oxygen atoms in total. The summed E-state index contributed by atoms with van der Waals surface area (Å²) in [5.74, 6) is -0.169. The summed E-state index contributed by atoms with van der Waals surface area (Å²) in [4.78, 5) is 23.8. The summed E-state index contributed by atoms with van der Waals surface area (Å²) >= 11 is 0. The Bertz CT molecular complexity index is 506. The molecule has 0 aromatic heterocycles. The normalized spacial score (nSPS) is 38.2. The van der Waals surface area contributed by atoms with Crippen molar-refractivity contribution >= 4 is 11.9 Å². The Hall–Kier alpha value is -1.14. The number of carbonyl (C=O) groups excluding carboxylic acids is 2. The third kappa shape index (κ3) is 4.73. The Kier molecular flexibility index (Phi) is 5.27. The predicted molar refractivity (Wildman–Crippen MR) is 87.8 cm³/mol. The van der Waals surface area contributed by atoms with Crippen LogP contribution in [0.25, 0.3) is 0 Å². The molecular weight excluding hydrogens is 324 g/mol. The molecule has 4 fully saturated rings. The molecule has 2 aliphatic heterocycles. The summed E-state index contributed by atoms with van der Waals surface area (Å²) < 4.78 is 21.8. The largest absolute Gasteiger partial charge is 0.465 e. The van der Waals surface area contributed by atoms with Crippen LogP contribution in [0.5, 0.6) is 0 Å². The minimum atomic E-state index is -0.109. The van der Waals surface area contributed by atoms with Crippen LogP contribution in [0.4, 0.5) is 0 Å². The van der Waals surface area contributed by atoms with Crippen LogP contribution in [-0.2, 0) is 28.5 Å². The van der Waals surface area contributed by atoms with Crippen molar-refractivity contribution in [3.63, 3.8) is 0 Å². The number of fused-ring (bicyclic) bond motifs is 2. The van der Waals surface area contributed by atoms with Crippen molar-refractivity contribution in [2.75, 3.05) is 6.61 Å². The molecule has 6 heteroatoms. The van der Waals surface area contributed by atoms with Gasteiger partial charge in [0.25, 0.3) is 0 Å². The number of ether oxygens (including phenoxy) is 4. The second-order valence-corrected chi connectivity index (χ2v) is 7.84. The molecule has 140 valence electrons. The lowest BCUT2D eigenvalue weighted by Crippen LogP contribution is -2.24. The van der Waals surface area contributed by atoms with Gasteiger partial charge in [-0.2, -0.15) is 0 Å². The van der Waals surface area contributed by atoms with Gasteiger partial charge in [0.05, 0.1) is 36.9 Å². The number of hydrogen-bond donors (Lipinski definition) is 0. The highest BCUT2D eigenvalue weighted by molar-refractivity contribution is 5.72. The van der Waals surface area contributed by atoms with Crippen molar-refractivity contribution in [3.8, 4) is 0 Å². The Morgan fingerprint density at radius 2 is 1.60 bits per heavy atom. The van der Waals surface area contributed by atoms with Gasteiger partial charge in [0.2, 0.25) is 0 Å². The van der Waals surface area contributed by atoms with E-state index in [1.807, 2.05) is 0 Å². The highest BCUT2D eigenvalue weighted by Crippen LogP contribution is 2.40. The van der Waals surface area contributed by atoms with Crippen LogP contribution in [0.3, 0.4) is 0 Å². The average molecular weight is 352 g/mol. The van der Waals surface area contributed by atoms with E-state index in [4.69, 9.17) is 18.9 Å². The quantitative estimate of drug-likeness (QED) is 0.379. The number of rotatable bonds is 8. The van der Waals surface area contributed by atoms with Crippen LogP contribution < -0.4 is 0 Å². The topological polar surface area (TPSA) is 77.7 Å². The zero-order valence-corrected chi connectivity index (χ0v) is 14.7. The molecule has 0 bridgehead atoms. The van der Waals surface area contributed by atoms with E-state index >= 15 is 0 Å². The number of hydrogen-bond acceptors (Lipinski definition) is 6. The second-order valence-electron chi connectivity index (χ2n) is 7.84. The first-order chi connectivity index (χ1) is 12.2. The van der Waals surface area contributed by atoms with Crippen LogP contribution in [0.1, 0.15) is 64.2 Å². The lowest BCUT2D eigenvalue weighted by Gasteiger charge is -2.19. The van der Waals surface area contributed by atoms with Gasteiger partial charge in [0.1, 0.15) is 6.10 Å². The van der Waals surface area contributed by atoms with Crippen LogP contribution in [0.15, 0.2) is 0 Å². The highest BCUT2D eigenvalue weighted by atomic mass is 16.6. The van der Waals surface area contributed by atoms with Crippen LogP contribution in [0, 0.1) is 5.92 Å². The van der Waals surface area contributed by atoms with Crippen LogP contribution in [0.2, 0.25) is 0 Å². The molecule has 0 amide bonds. The van der Waals surface area contributed by atoms with Crippen LogP contribution >= 0.6 is 0 Å². The number of epoxide rings is 2. The lowest BCUT2D eigenvalue weighted by atomic mass is 9.89. The minimum Gasteiger partial charge on any atom is -0.465 e. The number of unbranched alkanes of at least 4 members (excludes halogenated alkanes) is 2. The maximum Gasteiger partial charge on any atom is 0.309 e. The SMILES string of the molecule is O=C(CCCCCOC(=O)C1CCC2OC2C1)OC1CCC2OC2C1. The number of esters is 2. The van der Waals surface area contributed by atoms with Crippen molar-refractivity contribution in [1.82, 2.24) is 0 Å². The minimum absolute atomic E-state index is 0.0178. The molecule has 0 spiro atoms. The van der Waals surface area contributed by atoms with Crippen molar-refractivity contribution in [2.24, 2.45) is 5.92 Å². The van der Waals surface area contributed by atoms with Crippen LogP contribution in [-0.4, -0.2) is 49.1 Å². The summed E-state index contributed by atoms with van der Waals surface area (Å²) in [5.41, 5.74) is 0. The third-order valence-electron chi connectivity index (χ3n) is 5.86. The monoisotopic (exact) mass is 352 g/mol. The fourth-order valence-corrected chi connectivity index (χ4v) is 4.18. The number of carbonyl (C=O) groups is 2. The molecule has 0 aromatic rings. The van der Waals surface area contributed by atoms with E-state index in [0.29, 0.717) is 37.4 Å². The first kappa shape index (κ1) is 17.3. The molecule has 0 radical (unpaired) electrons. The van der Waals surface area contributed by atoms with Gasteiger partial charge in [-0.15, -0.1) is 0 Å². The third-order valence-corrected chi connectivity index (χ3v) is 5.86. The molecule has 4 rings (SSSR count). The Morgan fingerprint density at radius 1 is 0.840 bits per heavy atom. The Morgan fingerprint density at radius 3 is 2.36 bits per heavy atom. The fraction of sp³-hybridized carbons (Fsp3) is 0.895. The molecule has 2 aliphatic carbocycles. The standard InChI is InChI=1S/C19H28O6/c20-18(23-13-6-8-15-17(11-13)25-15)4-2-1-3-9-22-19(21)12-5-7-14-16(10-12)24-14/h12-17H,1-11H2. The molecule has 6 unspecified atom stereocenters. The van der Waals surface area contributed by atoms with Gasteiger partial charge in [0, 0.05) is 12.8 Å². The summed E-state index contributed by atoms with van der Waals surface area (Å²) in [7, 11) is 0. The van der Waals surface area contributed by atoms with Gasteiger partial charge in [-0.25, -0.2) is 0 Å². The lowest BCUT2D eigenvalue weighted by molar-refractivity contribution is -0.151. The Balaban J connectivity index is 1.01. The smallest absolute Gasteiger partial charge is 0.309 e. The zero-order chi connectivity index (χ0) is 17.2. The molecule has 2 saturated carbocycles. The molecule has 2 heterocycles. The second kappa shape index (κ2) is 7.62. The van der Waals surface area contributed by atoms with E-state index in [1.165, 1.54) is 0 Å². The van der Waals surface area contributed by atoms with Crippen molar-refractivity contribution < 1.29 is 28.5 Å². The molecule has 4 aliphatic rings. The van der Waals surface area contributed by atoms with E-state index in [0.717, 1.165) is 57.8 Å². The van der Waals surface area contributed by atoms with Gasteiger partial charge in [-0.1, -0.05) is 0 Å². The maximum absolute atomic E-state index is 12.0. The molecule has 0 aromatic carbocycles. The van der Waals surface area contributed by atoms with E-state index in [9.17, 15) is 9.59 Å². The summed E-state index contributed by atoms with van der Waals surface area (Å²) in [6, 6.07) is 0.